The molecule has 1 amide bonds. The predicted octanol–water partition coefficient (Wildman–Crippen LogP) is 4.57. The molecule has 1 unspecified atom stereocenters. The second kappa shape index (κ2) is 7.44. The number of hydrogen-bond donors (Lipinski definition) is 2. The van der Waals surface area contributed by atoms with Crippen LogP contribution in [0.15, 0.2) is 53.8 Å². The summed E-state index contributed by atoms with van der Waals surface area (Å²) in [4.78, 5) is 27.4. The molecular weight excluding hydrogens is 394 g/mol. The van der Waals surface area contributed by atoms with Gasteiger partial charge in [0, 0.05) is 16.1 Å². The molecule has 1 atom stereocenters. The number of carbonyl (C=O) groups is 2. The molecule has 0 aromatic heterocycles. The van der Waals surface area contributed by atoms with Crippen LogP contribution < -0.4 is 9.64 Å². The zero-order valence-electron chi connectivity index (χ0n) is 16.6. The number of halogens is 1. The SMILES string of the molecule is COc1ccc(C2C(C(=O)C(C)(C)C)=C(O)C(=O)N2c2cccc(Cl)c2)cc1O. The number of methoxy groups -OCH3 is 1. The fraction of sp³-hybridized carbons (Fsp3) is 0.273. The molecule has 7 heteroatoms. The molecule has 1 aliphatic rings. The third kappa shape index (κ3) is 3.68. The zero-order chi connectivity index (χ0) is 21.5. The van der Waals surface area contributed by atoms with Crippen LogP contribution in [0.2, 0.25) is 5.02 Å². The Labute approximate surface area is 174 Å². The smallest absolute Gasteiger partial charge is 0.294 e. The second-order valence-electron chi connectivity index (χ2n) is 7.83. The number of phenolic OH excluding ortho intramolecular Hbond substituents is 1. The van der Waals surface area contributed by atoms with Crippen molar-refractivity contribution >= 4 is 29.0 Å². The Hall–Kier alpha value is -2.99. The molecule has 0 aliphatic carbocycles. The summed E-state index contributed by atoms with van der Waals surface area (Å²) in [5.74, 6) is -1.57. The van der Waals surface area contributed by atoms with E-state index in [9.17, 15) is 19.8 Å². The molecular formula is C22H22ClNO5. The molecule has 2 N–H and O–H groups in total. The van der Waals surface area contributed by atoms with E-state index in [1.54, 1.807) is 57.2 Å². The molecule has 0 radical (unpaired) electrons. The van der Waals surface area contributed by atoms with Crippen LogP contribution in [0.5, 0.6) is 11.5 Å². The van der Waals surface area contributed by atoms with Crippen LogP contribution in [0.1, 0.15) is 32.4 Å². The van der Waals surface area contributed by atoms with Gasteiger partial charge in [0.2, 0.25) is 0 Å². The van der Waals surface area contributed by atoms with E-state index in [-0.39, 0.29) is 22.9 Å². The normalized spacial score (nSPS) is 17.1. The van der Waals surface area contributed by atoms with Crippen molar-refractivity contribution in [3.63, 3.8) is 0 Å². The van der Waals surface area contributed by atoms with E-state index in [0.717, 1.165) is 0 Å². The lowest BCUT2D eigenvalue weighted by molar-refractivity contribution is -0.123. The van der Waals surface area contributed by atoms with Gasteiger partial charge in [0.25, 0.3) is 5.91 Å². The number of aliphatic hydroxyl groups is 1. The van der Waals surface area contributed by atoms with Crippen LogP contribution in [0.25, 0.3) is 0 Å². The number of carbonyl (C=O) groups excluding carboxylic acids is 2. The van der Waals surface area contributed by atoms with Crippen LogP contribution in [0, 0.1) is 5.41 Å². The summed E-state index contributed by atoms with van der Waals surface area (Å²) in [6.45, 7) is 5.14. The van der Waals surface area contributed by atoms with Gasteiger partial charge in [0.15, 0.2) is 23.0 Å². The van der Waals surface area contributed by atoms with E-state index in [4.69, 9.17) is 16.3 Å². The largest absolute Gasteiger partial charge is 0.504 e. The van der Waals surface area contributed by atoms with E-state index >= 15 is 0 Å². The lowest BCUT2D eigenvalue weighted by Gasteiger charge is -2.29. The summed E-state index contributed by atoms with van der Waals surface area (Å²) < 4.78 is 5.08. The van der Waals surface area contributed by atoms with E-state index in [0.29, 0.717) is 16.3 Å². The van der Waals surface area contributed by atoms with Crippen molar-refractivity contribution in [2.75, 3.05) is 12.0 Å². The fourth-order valence-electron chi connectivity index (χ4n) is 3.33. The molecule has 1 heterocycles. The minimum absolute atomic E-state index is 0.0213. The lowest BCUT2D eigenvalue weighted by atomic mass is 9.82. The van der Waals surface area contributed by atoms with Crippen molar-refractivity contribution in [1.29, 1.82) is 0 Å². The minimum Gasteiger partial charge on any atom is -0.504 e. The zero-order valence-corrected chi connectivity index (χ0v) is 17.3. The Morgan fingerprint density at radius 3 is 2.38 bits per heavy atom. The van der Waals surface area contributed by atoms with Crippen molar-refractivity contribution < 1.29 is 24.5 Å². The molecule has 0 saturated carbocycles. The summed E-state index contributed by atoms with van der Waals surface area (Å²) in [6, 6.07) is 10.3. The van der Waals surface area contributed by atoms with Gasteiger partial charge in [0.1, 0.15) is 0 Å². The Morgan fingerprint density at radius 1 is 1.14 bits per heavy atom. The van der Waals surface area contributed by atoms with E-state index in [1.165, 1.54) is 18.1 Å². The van der Waals surface area contributed by atoms with Gasteiger partial charge in [-0.3, -0.25) is 14.5 Å². The number of amides is 1. The highest BCUT2D eigenvalue weighted by Gasteiger charge is 2.46. The molecule has 0 fully saturated rings. The van der Waals surface area contributed by atoms with Gasteiger partial charge in [-0.05, 0) is 35.9 Å². The second-order valence-corrected chi connectivity index (χ2v) is 8.27. The summed E-state index contributed by atoms with van der Waals surface area (Å²) >= 11 is 6.10. The Kier molecular flexibility index (Phi) is 5.32. The molecule has 3 rings (SSSR count). The highest BCUT2D eigenvalue weighted by atomic mass is 35.5. The van der Waals surface area contributed by atoms with Gasteiger partial charge in [-0.25, -0.2) is 0 Å². The molecule has 6 nitrogen and oxygen atoms in total. The van der Waals surface area contributed by atoms with E-state index < -0.39 is 23.1 Å². The number of rotatable bonds is 4. The molecule has 0 saturated heterocycles. The number of benzene rings is 2. The molecule has 29 heavy (non-hydrogen) atoms. The maximum absolute atomic E-state index is 13.1. The van der Waals surface area contributed by atoms with Crippen molar-refractivity contribution in [3.05, 3.63) is 64.4 Å². The fourth-order valence-corrected chi connectivity index (χ4v) is 3.51. The maximum Gasteiger partial charge on any atom is 0.294 e. The number of aromatic hydroxyl groups is 1. The van der Waals surface area contributed by atoms with Gasteiger partial charge in [-0.1, -0.05) is 44.5 Å². The van der Waals surface area contributed by atoms with Crippen LogP contribution in [-0.2, 0) is 9.59 Å². The first-order chi connectivity index (χ1) is 13.6. The first-order valence-electron chi connectivity index (χ1n) is 9.00. The van der Waals surface area contributed by atoms with E-state index in [1.807, 2.05) is 0 Å². The average molecular weight is 416 g/mol. The molecule has 2 aromatic carbocycles. The number of nitrogens with zero attached hydrogens (tertiary/aromatic N) is 1. The summed E-state index contributed by atoms with van der Waals surface area (Å²) in [7, 11) is 1.42. The molecule has 1 aliphatic heterocycles. The van der Waals surface area contributed by atoms with Crippen LogP contribution in [0.4, 0.5) is 5.69 Å². The van der Waals surface area contributed by atoms with E-state index in [2.05, 4.69) is 0 Å². The number of phenols is 1. The highest BCUT2D eigenvalue weighted by Crippen LogP contribution is 2.45. The summed E-state index contributed by atoms with van der Waals surface area (Å²) in [5, 5.41) is 21.3. The van der Waals surface area contributed by atoms with Gasteiger partial charge < -0.3 is 14.9 Å². The maximum atomic E-state index is 13.1. The Morgan fingerprint density at radius 2 is 1.83 bits per heavy atom. The van der Waals surface area contributed by atoms with Crippen LogP contribution in [-0.4, -0.2) is 29.0 Å². The summed E-state index contributed by atoms with van der Waals surface area (Å²) in [6.07, 6.45) is 0. The Bertz CT molecular complexity index is 1020. The first kappa shape index (κ1) is 20.7. The minimum atomic E-state index is -0.926. The average Bonchev–Trinajstić information content (AvgIpc) is 2.91. The van der Waals surface area contributed by atoms with Crippen molar-refractivity contribution in [2.24, 2.45) is 5.41 Å². The van der Waals surface area contributed by atoms with Gasteiger partial charge in [-0.15, -0.1) is 0 Å². The third-order valence-corrected chi connectivity index (χ3v) is 4.97. The molecule has 2 aromatic rings. The number of Topliss-reactive ketones (excluding diaryl/α,β-unsaturated/α-hetero) is 1. The third-order valence-electron chi connectivity index (χ3n) is 4.74. The number of hydrogen-bond acceptors (Lipinski definition) is 5. The number of ether oxygens (including phenoxy) is 1. The number of aliphatic hydroxyl groups excluding tert-OH is 1. The van der Waals surface area contributed by atoms with Gasteiger partial charge >= 0.3 is 0 Å². The molecule has 0 bridgehead atoms. The first-order valence-corrected chi connectivity index (χ1v) is 9.38. The van der Waals surface area contributed by atoms with Gasteiger partial charge in [0.05, 0.1) is 18.7 Å². The number of anilines is 1. The van der Waals surface area contributed by atoms with Crippen molar-refractivity contribution in [1.82, 2.24) is 0 Å². The monoisotopic (exact) mass is 415 g/mol. The molecule has 0 spiro atoms. The topological polar surface area (TPSA) is 87.1 Å². The molecule has 152 valence electrons. The van der Waals surface area contributed by atoms with Gasteiger partial charge in [-0.2, -0.15) is 0 Å². The highest BCUT2D eigenvalue weighted by molar-refractivity contribution is 6.31. The number of ketones is 1. The van der Waals surface area contributed by atoms with Crippen molar-refractivity contribution in [3.8, 4) is 11.5 Å². The predicted molar refractivity (Wildman–Crippen MR) is 110 cm³/mol. The van der Waals surface area contributed by atoms with Crippen LogP contribution in [0.3, 0.4) is 0 Å². The Balaban J connectivity index is 2.23. The standard InChI is InChI=1S/C22H22ClNO5/c1-22(2,3)20(27)17-18(12-8-9-16(29-4)15(25)10-12)24(21(28)19(17)26)14-7-5-6-13(23)11-14/h5-11,18,25-26H,1-4H3. The van der Waals surface area contributed by atoms with Crippen molar-refractivity contribution in [2.45, 2.75) is 26.8 Å². The van der Waals surface area contributed by atoms with Crippen LogP contribution >= 0.6 is 11.6 Å². The quantitative estimate of drug-likeness (QED) is 0.763. The summed E-state index contributed by atoms with van der Waals surface area (Å²) in [5.41, 5.74) is 0.0205. The lowest BCUT2D eigenvalue weighted by Crippen LogP contribution is -2.32.